The van der Waals surface area contributed by atoms with E-state index in [0.717, 1.165) is 38.2 Å². The Morgan fingerprint density at radius 3 is 2.79 bits per heavy atom. The number of ketones is 1. The SMILES string of the molecule is CCC1CCC(=O)C(C2CCOC3(CCCC3)C2)C1. The summed E-state index contributed by atoms with van der Waals surface area (Å²) in [5.74, 6) is 2.34. The van der Waals surface area contributed by atoms with Gasteiger partial charge in [-0.3, -0.25) is 4.79 Å². The third kappa shape index (κ3) is 2.74. The number of hydrogen-bond acceptors (Lipinski definition) is 2. The summed E-state index contributed by atoms with van der Waals surface area (Å²) < 4.78 is 6.12. The molecule has 2 aliphatic carbocycles. The fraction of sp³-hybridized carbons (Fsp3) is 0.941. The minimum absolute atomic E-state index is 0.169. The molecule has 1 heterocycles. The van der Waals surface area contributed by atoms with Crippen molar-refractivity contribution in [1.29, 1.82) is 0 Å². The van der Waals surface area contributed by atoms with E-state index in [0.29, 0.717) is 17.6 Å². The topological polar surface area (TPSA) is 26.3 Å². The molecule has 108 valence electrons. The molecule has 0 amide bonds. The van der Waals surface area contributed by atoms with Gasteiger partial charge in [0.25, 0.3) is 0 Å². The first-order valence-electron chi connectivity index (χ1n) is 8.39. The van der Waals surface area contributed by atoms with E-state index in [2.05, 4.69) is 6.92 Å². The molecule has 2 nitrogen and oxygen atoms in total. The van der Waals surface area contributed by atoms with E-state index in [1.54, 1.807) is 0 Å². The summed E-state index contributed by atoms with van der Waals surface area (Å²) in [6.45, 7) is 3.17. The van der Waals surface area contributed by atoms with Gasteiger partial charge in [0.2, 0.25) is 0 Å². The Morgan fingerprint density at radius 1 is 1.26 bits per heavy atom. The maximum atomic E-state index is 12.3. The number of carbonyl (C=O) groups is 1. The highest BCUT2D eigenvalue weighted by molar-refractivity contribution is 5.82. The van der Waals surface area contributed by atoms with Gasteiger partial charge in [-0.2, -0.15) is 0 Å². The molecule has 2 heteroatoms. The Balaban J connectivity index is 1.68. The van der Waals surface area contributed by atoms with Crippen LogP contribution < -0.4 is 0 Å². The van der Waals surface area contributed by atoms with Crippen LogP contribution in [0.15, 0.2) is 0 Å². The van der Waals surface area contributed by atoms with Crippen molar-refractivity contribution in [3.63, 3.8) is 0 Å². The monoisotopic (exact) mass is 264 g/mol. The van der Waals surface area contributed by atoms with Gasteiger partial charge in [-0.1, -0.05) is 26.2 Å². The second-order valence-electron chi connectivity index (χ2n) is 7.11. The van der Waals surface area contributed by atoms with Crippen molar-refractivity contribution in [2.75, 3.05) is 6.61 Å². The maximum Gasteiger partial charge on any atom is 0.136 e. The van der Waals surface area contributed by atoms with Gasteiger partial charge >= 0.3 is 0 Å². The van der Waals surface area contributed by atoms with Crippen LogP contribution in [0.3, 0.4) is 0 Å². The lowest BCUT2D eigenvalue weighted by atomic mass is 9.68. The van der Waals surface area contributed by atoms with E-state index in [1.807, 2.05) is 0 Å². The molecular formula is C17H28O2. The minimum Gasteiger partial charge on any atom is -0.375 e. The summed E-state index contributed by atoms with van der Waals surface area (Å²) in [5, 5.41) is 0. The Hall–Kier alpha value is -0.370. The molecule has 3 fully saturated rings. The Morgan fingerprint density at radius 2 is 2.05 bits per heavy atom. The first-order chi connectivity index (χ1) is 9.22. The van der Waals surface area contributed by atoms with E-state index in [1.165, 1.54) is 38.5 Å². The van der Waals surface area contributed by atoms with Crippen molar-refractivity contribution in [1.82, 2.24) is 0 Å². The van der Waals surface area contributed by atoms with Crippen LogP contribution in [0.2, 0.25) is 0 Å². The lowest BCUT2D eigenvalue weighted by molar-refractivity contribution is -0.136. The fourth-order valence-electron chi connectivity index (χ4n) is 4.74. The number of ether oxygens (including phenoxy) is 1. The summed E-state index contributed by atoms with van der Waals surface area (Å²) >= 11 is 0. The average Bonchev–Trinajstić information content (AvgIpc) is 2.87. The molecule has 1 spiro atoms. The zero-order valence-electron chi connectivity index (χ0n) is 12.3. The quantitative estimate of drug-likeness (QED) is 0.750. The Labute approximate surface area is 117 Å². The first-order valence-corrected chi connectivity index (χ1v) is 8.39. The zero-order valence-corrected chi connectivity index (χ0v) is 12.3. The number of Topliss-reactive ketones (excluding diaryl/α,β-unsaturated/α-hetero) is 1. The molecule has 0 aromatic heterocycles. The van der Waals surface area contributed by atoms with Crippen molar-refractivity contribution in [2.24, 2.45) is 17.8 Å². The molecule has 0 aromatic rings. The third-order valence-electron chi connectivity index (χ3n) is 5.99. The normalized spacial score (nSPS) is 38.8. The molecule has 19 heavy (non-hydrogen) atoms. The fourth-order valence-corrected chi connectivity index (χ4v) is 4.74. The minimum atomic E-state index is 0.169. The Kier molecular flexibility index (Phi) is 3.98. The summed E-state index contributed by atoms with van der Waals surface area (Å²) in [6, 6.07) is 0. The van der Waals surface area contributed by atoms with Gasteiger partial charge in [-0.15, -0.1) is 0 Å². The van der Waals surface area contributed by atoms with Crippen molar-refractivity contribution in [3.8, 4) is 0 Å². The average molecular weight is 264 g/mol. The molecule has 0 bridgehead atoms. The standard InChI is InChI=1S/C17H28O2/c1-2-13-5-6-16(18)15(11-13)14-7-10-19-17(12-14)8-3-4-9-17/h13-15H,2-12H2,1H3. The first kappa shape index (κ1) is 13.6. The van der Waals surface area contributed by atoms with Gasteiger partial charge in [-0.25, -0.2) is 0 Å². The molecule has 0 aromatic carbocycles. The summed E-state index contributed by atoms with van der Waals surface area (Å²) in [6.07, 6.45) is 11.8. The summed E-state index contributed by atoms with van der Waals surface area (Å²) in [5.41, 5.74) is 0.169. The van der Waals surface area contributed by atoms with Crippen molar-refractivity contribution < 1.29 is 9.53 Å². The molecule has 1 saturated heterocycles. The van der Waals surface area contributed by atoms with Crippen molar-refractivity contribution in [3.05, 3.63) is 0 Å². The highest BCUT2D eigenvalue weighted by Gasteiger charge is 2.44. The van der Waals surface area contributed by atoms with Crippen molar-refractivity contribution in [2.45, 2.75) is 76.7 Å². The smallest absolute Gasteiger partial charge is 0.136 e. The van der Waals surface area contributed by atoms with Crippen LogP contribution in [-0.2, 0) is 9.53 Å². The molecule has 0 N–H and O–H groups in total. The summed E-state index contributed by atoms with van der Waals surface area (Å²) in [4.78, 5) is 12.3. The molecular weight excluding hydrogens is 236 g/mol. The molecule has 3 unspecified atom stereocenters. The molecule has 2 saturated carbocycles. The molecule has 0 radical (unpaired) electrons. The highest BCUT2D eigenvalue weighted by atomic mass is 16.5. The molecule has 3 atom stereocenters. The predicted molar refractivity (Wildman–Crippen MR) is 76.0 cm³/mol. The second-order valence-corrected chi connectivity index (χ2v) is 7.11. The number of carbonyl (C=O) groups excluding carboxylic acids is 1. The zero-order chi connectivity index (χ0) is 13.3. The lowest BCUT2D eigenvalue weighted by Gasteiger charge is -2.42. The van der Waals surface area contributed by atoms with Gasteiger partial charge in [0.05, 0.1) is 5.60 Å². The van der Waals surface area contributed by atoms with Gasteiger partial charge in [-0.05, 0) is 50.4 Å². The molecule has 3 aliphatic rings. The number of hydrogen-bond donors (Lipinski definition) is 0. The van der Waals surface area contributed by atoms with Crippen LogP contribution in [0.1, 0.15) is 71.1 Å². The molecule has 1 aliphatic heterocycles. The van der Waals surface area contributed by atoms with Crippen LogP contribution >= 0.6 is 0 Å². The van der Waals surface area contributed by atoms with E-state index in [4.69, 9.17) is 4.74 Å². The van der Waals surface area contributed by atoms with E-state index < -0.39 is 0 Å². The maximum absolute atomic E-state index is 12.3. The van der Waals surface area contributed by atoms with Crippen LogP contribution in [0, 0.1) is 17.8 Å². The van der Waals surface area contributed by atoms with Gasteiger partial charge in [0.15, 0.2) is 0 Å². The van der Waals surface area contributed by atoms with Crippen LogP contribution in [0.25, 0.3) is 0 Å². The van der Waals surface area contributed by atoms with Crippen LogP contribution in [-0.4, -0.2) is 18.0 Å². The molecule has 3 rings (SSSR count). The van der Waals surface area contributed by atoms with Crippen LogP contribution in [0.5, 0.6) is 0 Å². The lowest BCUT2D eigenvalue weighted by Crippen LogP contribution is -2.42. The van der Waals surface area contributed by atoms with E-state index >= 15 is 0 Å². The van der Waals surface area contributed by atoms with Gasteiger partial charge in [0.1, 0.15) is 5.78 Å². The predicted octanol–water partition coefficient (Wildman–Crippen LogP) is 4.12. The second kappa shape index (κ2) is 5.55. The highest BCUT2D eigenvalue weighted by Crippen LogP contribution is 2.46. The van der Waals surface area contributed by atoms with Gasteiger partial charge < -0.3 is 4.74 Å². The Bertz CT molecular complexity index is 330. The van der Waals surface area contributed by atoms with Crippen molar-refractivity contribution >= 4 is 5.78 Å². The third-order valence-corrected chi connectivity index (χ3v) is 5.99. The van der Waals surface area contributed by atoms with Crippen LogP contribution in [0.4, 0.5) is 0 Å². The largest absolute Gasteiger partial charge is 0.375 e. The van der Waals surface area contributed by atoms with Gasteiger partial charge in [0, 0.05) is 18.9 Å². The van der Waals surface area contributed by atoms with E-state index in [-0.39, 0.29) is 5.60 Å². The number of rotatable bonds is 2. The summed E-state index contributed by atoms with van der Waals surface area (Å²) in [7, 11) is 0. The van der Waals surface area contributed by atoms with E-state index in [9.17, 15) is 4.79 Å².